The molecule has 0 radical (unpaired) electrons. The van der Waals surface area contributed by atoms with Crippen LogP contribution in [0, 0.1) is 11.3 Å². The summed E-state index contributed by atoms with van der Waals surface area (Å²) >= 11 is 0. The van der Waals surface area contributed by atoms with Crippen LogP contribution in [0.5, 0.6) is 0 Å². The van der Waals surface area contributed by atoms with Crippen LogP contribution in [-0.2, 0) is 14.3 Å². The zero-order valence-corrected chi connectivity index (χ0v) is 12.2. The summed E-state index contributed by atoms with van der Waals surface area (Å²) in [7, 11) is -1.52. The molecule has 0 bridgehead atoms. The Morgan fingerprint density at radius 1 is 1.47 bits per heavy atom. The molecule has 0 heterocycles. The minimum Gasteiger partial charge on any atom is -0.465 e. The lowest BCUT2D eigenvalue weighted by Gasteiger charge is -2.30. The first kappa shape index (κ1) is 12.6. The minimum absolute atomic E-state index is 0.00741. The van der Waals surface area contributed by atoms with Gasteiger partial charge >= 0.3 is 5.97 Å². The van der Waals surface area contributed by atoms with Gasteiger partial charge in [-0.3, -0.25) is 9.59 Å². The normalized spacial score (nSPS) is 39.1. The van der Waals surface area contributed by atoms with Gasteiger partial charge in [0, 0.05) is 23.3 Å². The maximum absolute atomic E-state index is 11.9. The predicted octanol–water partition coefficient (Wildman–Crippen LogP) is 2.40. The van der Waals surface area contributed by atoms with Crippen LogP contribution in [0.15, 0.2) is 12.2 Å². The first-order valence-electron chi connectivity index (χ1n) is 6.03. The van der Waals surface area contributed by atoms with Crippen molar-refractivity contribution in [2.24, 2.45) is 11.3 Å². The molecule has 0 amide bonds. The minimum atomic E-state index is -1.52. The molecular weight excluding hydrogens is 232 g/mol. The second kappa shape index (κ2) is 3.31. The second-order valence-electron chi connectivity index (χ2n) is 6.49. The van der Waals surface area contributed by atoms with Gasteiger partial charge in [-0.25, -0.2) is 0 Å². The standard InChI is InChI=1S/C13H20O3Si/c1-9(14)16-8-12(2)11-10(15)6-7-13(11,12)17(3,4)5/h6-7,11H,8H2,1-5H3/t11-,12?,13+/m1/s1. The fourth-order valence-electron chi connectivity index (χ4n) is 3.84. The van der Waals surface area contributed by atoms with Gasteiger partial charge in [0.1, 0.15) is 0 Å². The van der Waals surface area contributed by atoms with E-state index < -0.39 is 8.07 Å². The van der Waals surface area contributed by atoms with Crippen LogP contribution in [0.4, 0.5) is 0 Å². The van der Waals surface area contributed by atoms with Crippen molar-refractivity contribution in [3.8, 4) is 0 Å². The number of hydrogen-bond donors (Lipinski definition) is 0. The van der Waals surface area contributed by atoms with Crippen LogP contribution in [0.1, 0.15) is 13.8 Å². The Morgan fingerprint density at radius 3 is 2.47 bits per heavy atom. The summed E-state index contributed by atoms with van der Waals surface area (Å²) in [6.45, 7) is 10.7. The van der Waals surface area contributed by atoms with Crippen molar-refractivity contribution in [1.82, 2.24) is 0 Å². The van der Waals surface area contributed by atoms with Gasteiger partial charge in [-0.2, -0.15) is 0 Å². The first-order valence-corrected chi connectivity index (χ1v) is 9.53. The number of rotatable bonds is 3. The van der Waals surface area contributed by atoms with Crippen LogP contribution in [0.3, 0.4) is 0 Å². The molecule has 0 aliphatic heterocycles. The Morgan fingerprint density at radius 2 is 2.06 bits per heavy atom. The van der Waals surface area contributed by atoms with E-state index in [0.29, 0.717) is 6.61 Å². The summed E-state index contributed by atoms with van der Waals surface area (Å²) in [5.74, 6) is -0.0125. The van der Waals surface area contributed by atoms with Gasteiger partial charge in [-0.15, -0.1) is 0 Å². The third kappa shape index (κ3) is 1.39. The van der Waals surface area contributed by atoms with Gasteiger partial charge in [-0.1, -0.05) is 32.6 Å². The lowest BCUT2D eigenvalue weighted by atomic mass is 10.0. The molecule has 0 aromatic carbocycles. The quantitative estimate of drug-likeness (QED) is 0.572. The fourth-order valence-corrected chi connectivity index (χ4v) is 7.61. The van der Waals surface area contributed by atoms with Crippen LogP contribution < -0.4 is 0 Å². The number of allylic oxidation sites excluding steroid dienone is 2. The number of ketones is 1. The number of hydrogen-bond acceptors (Lipinski definition) is 3. The van der Waals surface area contributed by atoms with Gasteiger partial charge in [0.2, 0.25) is 0 Å². The molecule has 2 aliphatic rings. The maximum Gasteiger partial charge on any atom is 0.302 e. The molecule has 2 rings (SSSR count). The van der Waals surface area contributed by atoms with Crippen molar-refractivity contribution in [1.29, 1.82) is 0 Å². The van der Waals surface area contributed by atoms with Crippen molar-refractivity contribution in [2.45, 2.75) is 38.5 Å². The Labute approximate surface area is 103 Å². The second-order valence-corrected chi connectivity index (χ2v) is 11.8. The van der Waals surface area contributed by atoms with Crippen molar-refractivity contribution in [3.63, 3.8) is 0 Å². The zero-order valence-electron chi connectivity index (χ0n) is 11.2. The Bertz CT molecular complexity index is 421. The summed E-state index contributed by atoms with van der Waals surface area (Å²) in [6.07, 6.45) is 3.81. The highest BCUT2D eigenvalue weighted by atomic mass is 28.3. The van der Waals surface area contributed by atoms with Gasteiger partial charge < -0.3 is 4.74 Å². The zero-order chi connectivity index (χ0) is 13.1. The van der Waals surface area contributed by atoms with E-state index in [0.717, 1.165) is 0 Å². The molecule has 0 N–H and O–H groups in total. The molecule has 0 aromatic heterocycles. The number of fused-ring (bicyclic) bond motifs is 1. The Kier molecular flexibility index (Phi) is 2.45. The molecule has 3 atom stereocenters. The molecule has 0 saturated heterocycles. The van der Waals surface area contributed by atoms with Crippen molar-refractivity contribution < 1.29 is 14.3 Å². The van der Waals surface area contributed by atoms with Crippen molar-refractivity contribution in [3.05, 3.63) is 12.2 Å². The monoisotopic (exact) mass is 252 g/mol. The van der Waals surface area contributed by atoms with Gasteiger partial charge in [-0.05, 0) is 6.08 Å². The number of carbonyl (C=O) groups excluding carboxylic acids is 2. The molecule has 3 nitrogen and oxygen atoms in total. The van der Waals surface area contributed by atoms with E-state index in [1.54, 1.807) is 6.08 Å². The van der Waals surface area contributed by atoms with Crippen LogP contribution in [-0.4, -0.2) is 26.4 Å². The van der Waals surface area contributed by atoms with Crippen LogP contribution >= 0.6 is 0 Å². The summed E-state index contributed by atoms with van der Waals surface area (Å²) in [4.78, 5) is 22.9. The van der Waals surface area contributed by atoms with Crippen molar-refractivity contribution >= 4 is 19.8 Å². The van der Waals surface area contributed by atoms with E-state index in [-0.39, 0.29) is 28.1 Å². The van der Waals surface area contributed by atoms with E-state index in [9.17, 15) is 9.59 Å². The molecule has 0 aromatic rings. The highest BCUT2D eigenvalue weighted by Gasteiger charge is 2.81. The molecule has 1 fully saturated rings. The fraction of sp³-hybridized carbons (Fsp3) is 0.692. The van der Waals surface area contributed by atoms with Crippen LogP contribution in [0.25, 0.3) is 0 Å². The molecule has 1 unspecified atom stereocenters. The van der Waals surface area contributed by atoms with Crippen molar-refractivity contribution in [2.75, 3.05) is 6.61 Å². The van der Waals surface area contributed by atoms with Gasteiger partial charge in [0.05, 0.1) is 14.7 Å². The van der Waals surface area contributed by atoms with E-state index in [1.165, 1.54) is 6.92 Å². The third-order valence-corrected chi connectivity index (χ3v) is 8.07. The lowest BCUT2D eigenvalue weighted by Crippen LogP contribution is -2.33. The SMILES string of the molecule is CC(=O)OCC1(C)[C@H]2C(=O)C=C[C@]21[Si](C)(C)C. The van der Waals surface area contributed by atoms with Crippen LogP contribution in [0.2, 0.25) is 24.7 Å². The average molecular weight is 252 g/mol. The Hall–Kier alpha value is -0.903. The van der Waals surface area contributed by atoms with Gasteiger partial charge in [0.15, 0.2) is 5.78 Å². The predicted molar refractivity (Wildman–Crippen MR) is 68.4 cm³/mol. The van der Waals surface area contributed by atoms with Gasteiger partial charge in [0.25, 0.3) is 0 Å². The first-order chi connectivity index (χ1) is 7.67. The van der Waals surface area contributed by atoms with E-state index in [2.05, 4.69) is 32.6 Å². The summed E-state index contributed by atoms with van der Waals surface area (Å²) in [6, 6.07) is 0. The molecule has 94 valence electrons. The molecule has 0 spiro atoms. The molecular formula is C13H20O3Si. The average Bonchev–Trinajstić information content (AvgIpc) is 2.49. The van der Waals surface area contributed by atoms with E-state index in [1.807, 2.05) is 0 Å². The third-order valence-electron chi connectivity index (χ3n) is 4.57. The number of ether oxygens (including phenoxy) is 1. The van der Waals surface area contributed by atoms with E-state index in [4.69, 9.17) is 4.74 Å². The molecule has 4 heteroatoms. The largest absolute Gasteiger partial charge is 0.465 e. The van der Waals surface area contributed by atoms with E-state index >= 15 is 0 Å². The molecule has 2 aliphatic carbocycles. The smallest absolute Gasteiger partial charge is 0.302 e. The highest BCUT2D eigenvalue weighted by molar-refractivity contribution is 6.81. The molecule has 1 saturated carbocycles. The summed E-state index contributed by atoms with van der Waals surface area (Å²) in [5.41, 5.74) is -0.172. The topological polar surface area (TPSA) is 43.4 Å². The lowest BCUT2D eigenvalue weighted by molar-refractivity contribution is -0.143. The number of carbonyl (C=O) groups is 2. The summed E-state index contributed by atoms with van der Waals surface area (Å²) < 4.78 is 5.17. The summed E-state index contributed by atoms with van der Waals surface area (Å²) in [5, 5.41) is -0.00741. The maximum atomic E-state index is 11.9. The number of esters is 1. The Balaban J connectivity index is 2.30. The molecule has 17 heavy (non-hydrogen) atoms. The highest BCUT2D eigenvalue weighted by Crippen LogP contribution is 2.82.